The highest BCUT2D eigenvalue weighted by molar-refractivity contribution is 6.30. The summed E-state index contributed by atoms with van der Waals surface area (Å²) in [6.07, 6.45) is 2.90. The summed E-state index contributed by atoms with van der Waals surface area (Å²) in [5.41, 5.74) is 13.5. The molecular formula is C26H29ClF2N6O2. The van der Waals surface area contributed by atoms with Gasteiger partial charge in [0.25, 0.3) is 5.91 Å². The molecule has 4 unspecified atom stereocenters. The van der Waals surface area contributed by atoms with E-state index in [4.69, 9.17) is 22.1 Å². The number of ether oxygens (including phenoxy) is 1. The molecule has 2 aliphatic rings. The summed E-state index contributed by atoms with van der Waals surface area (Å²) < 4.78 is 34.1. The monoisotopic (exact) mass is 530 g/mol. The predicted octanol–water partition coefficient (Wildman–Crippen LogP) is 3.71. The molecule has 1 amide bonds. The van der Waals surface area contributed by atoms with E-state index in [1.807, 2.05) is 30.3 Å². The Morgan fingerprint density at radius 1 is 1.22 bits per heavy atom. The van der Waals surface area contributed by atoms with Crippen molar-refractivity contribution in [3.05, 3.63) is 81.9 Å². The highest BCUT2D eigenvalue weighted by Gasteiger charge is 2.40. The Bertz CT molecular complexity index is 1250. The SMILES string of the molecule is COc1cc(F)c(C(=O)N[C@@H](Cc2ccccc2)c2nc(Cl)c(C3CCC4C(N)NNC4C3)[nH]2)c(F)c1. The third-order valence-corrected chi connectivity index (χ3v) is 7.60. The second-order valence-corrected chi connectivity index (χ2v) is 9.96. The largest absolute Gasteiger partial charge is 0.497 e. The molecule has 6 N–H and O–H groups in total. The Morgan fingerprint density at radius 2 is 1.95 bits per heavy atom. The van der Waals surface area contributed by atoms with Crippen LogP contribution in [0.5, 0.6) is 5.75 Å². The van der Waals surface area contributed by atoms with Gasteiger partial charge in [-0.25, -0.2) is 19.2 Å². The molecule has 196 valence electrons. The average Bonchev–Trinajstić information content (AvgIpc) is 3.45. The van der Waals surface area contributed by atoms with E-state index in [2.05, 4.69) is 26.1 Å². The second-order valence-electron chi connectivity index (χ2n) is 9.60. The highest BCUT2D eigenvalue weighted by Crippen LogP contribution is 2.40. The Morgan fingerprint density at radius 3 is 2.65 bits per heavy atom. The molecule has 3 aromatic rings. The fourth-order valence-electron chi connectivity index (χ4n) is 5.36. The van der Waals surface area contributed by atoms with Crippen molar-refractivity contribution in [2.45, 2.75) is 49.9 Å². The van der Waals surface area contributed by atoms with E-state index in [1.165, 1.54) is 7.11 Å². The topological polar surface area (TPSA) is 117 Å². The van der Waals surface area contributed by atoms with Crippen LogP contribution in [0.15, 0.2) is 42.5 Å². The first-order valence-electron chi connectivity index (χ1n) is 12.2. The van der Waals surface area contributed by atoms with Crippen LogP contribution in [-0.2, 0) is 6.42 Å². The summed E-state index contributed by atoms with van der Waals surface area (Å²) in [6, 6.07) is 10.9. The van der Waals surface area contributed by atoms with Gasteiger partial charge in [-0.05, 0) is 31.2 Å². The number of amides is 1. The van der Waals surface area contributed by atoms with Crippen LogP contribution in [0.4, 0.5) is 8.78 Å². The van der Waals surface area contributed by atoms with Crippen LogP contribution in [0.2, 0.25) is 5.15 Å². The lowest BCUT2D eigenvalue weighted by atomic mass is 9.77. The smallest absolute Gasteiger partial charge is 0.257 e. The van der Waals surface area contributed by atoms with Crippen molar-refractivity contribution in [3.63, 3.8) is 0 Å². The van der Waals surface area contributed by atoms with Gasteiger partial charge in [0.2, 0.25) is 0 Å². The molecule has 1 saturated carbocycles. The molecule has 1 aromatic heterocycles. The van der Waals surface area contributed by atoms with Crippen LogP contribution in [0.25, 0.3) is 0 Å². The zero-order chi connectivity index (χ0) is 26.1. The lowest BCUT2D eigenvalue weighted by molar-refractivity contribution is 0.0926. The first-order chi connectivity index (χ1) is 17.8. The number of aromatic amines is 1. The van der Waals surface area contributed by atoms with Gasteiger partial charge in [-0.1, -0.05) is 41.9 Å². The molecule has 5 atom stereocenters. The van der Waals surface area contributed by atoms with Gasteiger partial charge >= 0.3 is 0 Å². The molecule has 8 nitrogen and oxygen atoms in total. The molecule has 37 heavy (non-hydrogen) atoms. The van der Waals surface area contributed by atoms with E-state index < -0.39 is 29.1 Å². The van der Waals surface area contributed by atoms with Gasteiger partial charge in [0, 0.05) is 30.0 Å². The van der Waals surface area contributed by atoms with Crippen LogP contribution < -0.4 is 26.6 Å². The van der Waals surface area contributed by atoms with E-state index in [1.54, 1.807) is 0 Å². The normalized spacial score (nSPS) is 23.9. The first-order valence-corrected chi connectivity index (χ1v) is 12.6. The Labute approximate surface area is 218 Å². The molecule has 0 radical (unpaired) electrons. The summed E-state index contributed by atoms with van der Waals surface area (Å²) in [5, 5.41) is 3.07. The average molecular weight is 531 g/mol. The maximum absolute atomic E-state index is 14.6. The number of methoxy groups -OCH3 is 1. The van der Waals surface area contributed by atoms with Crippen molar-refractivity contribution in [2.24, 2.45) is 11.7 Å². The third-order valence-electron chi connectivity index (χ3n) is 7.31. The highest BCUT2D eigenvalue weighted by atomic mass is 35.5. The van der Waals surface area contributed by atoms with Gasteiger partial charge in [0.05, 0.1) is 25.0 Å². The zero-order valence-electron chi connectivity index (χ0n) is 20.2. The molecule has 2 fully saturated rings. The number of hydrogen-bond acceptors (Lipinski definition) is 6. The van der Waals surface area contributed by atoms with Crippen molar-refractivity contribution >= 4 is 17.5 Å². The second kappa shape index (κ2) is 10.7. The van der Waals surface area contributed by atoms with Crippen LogP contribution >= 0.6 is 11.6 Å². The summed E-state index contributed by atoms with van der Waals surface area (Å²) in [6.45, 7) is 0. The van der Waals surface area contributed by atoms with Crippen LogP contribution in [0, 0.1) is 17.6 Å². The minimum Gasteiger partial charge on any atom is -0.497 e. The maximum Gasteiger partial charge on any atom is 0.257 e. The zero-order valence-corrected chi connectivity index (χ0v) is 21.0. The fourth-order valence-corrected chi connectivity index (χ4v) is 5.65. The van der Waals surface area contributed by atoms with Crippen LogP contribution in [0.3, 0.4) is 0 Å². The Kier molecular flexibility index (Phi) is 7.43. The van der Waals surface area contributed by atoms with Gasteiger partial charge in [0.15, 0.2) is 5.15 Å². The predicted molar refractivity (Wildman–Crippen MR) is 135 cm³/mol. The first kappa shape index (κ1) is 25.6. The molecule has 2 heterocycles. The minimum atomic E-state index is -1.02. The van der Waals surface area contributed by atoms with Crippen LogP contribution in [0.1, 0.15) is 58.7 Å². The number of fused-ring (bicyclic) bond motifs is 1. The molecule has 1 aliphatic carbocycles. The third kappa shape index (κ3) is 5.33. The van der Waals surface area contributed by atoms with E-state index in [0.29, 0.717) is 23.3 Å². The van der Waals surface area contributed by atoms with Crippen molar-refractivity contribution in [1.82, 2.24) is 26.1 Å². The van der Waals surface area contributed by atoms with Gasteiger partial charge < -0.3 is 20.8 Å². The fraction of sp³-hybridized carbons (Fsp3) is 0.385. The van der Waals surface area contributed by atoms with Crippen molar-refractivity contribution in [3.8, 4) is 5.75 Å². The lowest BCUT2D eigenvalue weighted by Crippen LogP contribution is -2.39. The van der Waals surface area contributed by atoms with E-state index in [0.717, 1.165) is 42.7 Å². The molecule has 0 spiro atoms. The van der Waals surface area contributed by atoms with E-state index in [-0.39, 0.29) is 23.9 Å². The molecule has 2 aromatic carbocycles. The number of rotatable bonds is 7. The number of carbonyl (C=O) groups is 1. The molecule has 1 saturated heterocycles. The molecular weight excluding hydrogens is 502 g/mol. The number of aromatic nitrogens is 2. The van der Waals surface area contributed by atoms with Crippen molar-refractivity contribution in [1.29, 1.82) is 0 Å². The molecule has 11 heteroatoms. The molecule has 0 bridgehead atoms. The molecule has 5 rings (SSSR count). The summed E-state index contributed by atoms with van der Waals surface area (Å²) in [5.74, 6) is -2.06. The van der Waals surface area contributed by atoms with Gasteiger partial charge in [-0.3, -0.25) is 10.2 Å². The Hall–Kier alpha value is -3.05. The standard InChI is InChI=1S/C26H29ClF2N6O2/c1-37-15-11-17(28)21(18(29)12-15)26(36)31-20(9-13-5-3-2-4-6-13)25-32-22(23(27)33-25)14-7-8-16-19(10-14)34-35-24(16)30/h2-6,11-12,14,16,19-20,24,34-35H,7-10,30H2,1H3,(H,31,36)(H,32,33)/t14?,16?,19?,20-,24?/m0/s1. The number of H-pyrrole nitrogens is 1. The Balaban J connectivity index is 1.42. The van der Waals surface area contributed by atoms with Crippen LogP contribution in [-0.4, -0.2) is 35.2 Å². The number of hydrazine groups is 1. The number of nitrogens with two attached hydrogens (primary N) is 1. The van der Waals surface area contributed by atoms with Gasteiger partial charge in [-0.2, -0.15) is 0 Å². The van der Waals surface area contributed by atoms with E-state index in [9.17, 15) is 13.6 Å². The number of nitrogens with zero attached hydrogens (tertiary/aromatic N) is 1. The summed E-state index contributed by atoms with van der Waals surface area (Å²) in [7, 11) is 1.29. The summed E-state index contributed by atoms with van der Waals surface area (Å²) >= 11 is 6.58. The maximum atomic E-state index is 14.6. The molecule has 1 aliphatic heterocycles. The van der Waals surface area contributed by atoms with Gasteiger partial charge in [-0.15, -0.1) is 0 Å². The quantitative estimate of drug-likeness (QED) is 0.318. The number of halogens is 3. The number of nitrogens with one attached hydrogen (secondary N) is 4. The minimum absolute atomic E-state index is 0.0162. The number of imidazole rings is 1. The lowest BCUT2D eigenvalue weighted by Gasteiger charge is -2.31. The summed E-state index contributed by atoms with van der Waals surface area (Å²) in [4.78, 5) is 20.9. The van der Waals surface area contributed by atoms with E-state index >= 15 is 0 Å². The number of benzene rings is 2. The number of hydrogen-bond donors (Lipinski definition) is 5. The van der Waals surface area contributed by atoms with Gasteiger partial charge in [0.1, 0.15) is 28.8 Å². The number of carbonyl (C=O) groups excluding carboxylic acids is 1. The van der Waals surface area contributed by atoms with Crippen molar-refractivity contribution in [2.75, 3.05) is 7.11 Å². The van der Waals surface area contributed by atoms with Crippen molar-refractivity contribution < 1.29 is 18.3 Å².